The van der Waals surface area contributed by atoms with Crippen LogP contribution in [-0.2, 0) is 63.1 Å². The minimum Gasteiger partial charge on any atom is -0.743 e. The van der Waals surface area contributed by atoms with Gasteiger partial charge < -0.3 is 13.7 Å². The average molecular weight is 986 g/mol. The molecule has 0 radical (unpaired) electrons. The van der Waals surface area contributed by atoms with E-state index in [1.807, 2.05) is 0 Å². The SMILES string of the molecule is O=S(=O)([O-])C(F)(F)C(F)(F)C(F)(F)C(F)(F)F.O=S(=O)([O-])C(F)(F)C(F)(F)C(F)(F)C(F)(F)F.O=S(=O)([O-])C(F)(F)C(F)(F)C(F)(F)C(F)(F)F.[Y+3]. The average Bonchev–Trinajstić information content (AvgIpc) is 2.79. The second-order valence-electron chi connectivity index (χ2n) is 7.85. The number of halogens is 27. The molecule has 0 aromatic rings. The first-order valence-electron chi connectivity index (χ1n) is 9.46. The van der Waals surface area contributed by atoms with Gasteiger partial charge in [0.2, 0.25) is 0 Å². The van der Waals surface area contributed by atoms with Crippen molar-refractivity contribution in [3.63, 3.8) is 0 Å². The molecule has 0 rings (SSSR count). The van der Waals surface area contributed by atoms with Crippen LogP contribution in [0.15, 0.2) is 0 Å². The number of hydrogen-bond acceptors (Lipinski definition) is 9. The van der Waals surface area contributed by atoms with E-state index in [1.165, 1.54) is 0 Å². The van der Waals surface area contributed by atoms with Crippen LogP contribution >= 0.6 is 0 Å². The molecule has 0 aliphatic carbocycles. The summed E-state index contributed by atoms with van der Waals surface area (Å²) in [5, 5.41) is -21.3. The molecule has 0 fully saturated rings. The number of alkyl halides is 27. The Labute approximate surface area is 290 Å². The Hall–Kier alpha value is -1.06. The van der Waals surface area contributed by atoms with Gasteiger partial charge in [-0.3, -0.25) is 0 Å². The first-order valence-corrected chi connectivity index (χ1v) is 13.7. The molecule has 0 aromatic heterocycles. The zero-order valence-electron chi connectivity index (χ0n) is 21.7. The minimum atomic E-state index is -7.43. The minimum absolute atomic E-state index is 0. The fourth-order valence-electron chi connectivity index (χ4n) is 1.55. The molecular weight excluding hydrogens is 986 g/mol. The van der Waals surface area contributed by atoms with Crippen LogP contribution in [0.2, 0.25) is 0 Å². The van der Waals surface area contributed by atoms with E-state index < -0.39 is 100 Å². The van der Waals surface area contributed by atoms with E-state index in [4.69, 9.17) is 0 Å². The normalized spacial score (nSPS) is 15.8. The molecule has 0 aliphatic rings. The van der Waals surface area contributed by atoms with Crippen molar-refractivity contribution >= 4 is 30.4 Å². The molecule has 0 saturated heterocycles. The molecule has 0 atom stereocenters. The summed E-state index contributed by atoms with van der Waals surface area (Å²) in [5.41, 5.74) is 0. The van der Waals surface area contributed by atoms with Gasteiger partial charge in [-0.25, -0.2) is 25.3 Å². The van der Waals surface area contributed by atoms with Crippen molar-refractivity contribution in [1.29, 1.82) is 0 Å². The maximum atomic E-state index is 12.2. The van der Waals surface area contributed by atoms with Gasteiger partial charge in [0.1, 0.15) is 0 Å². The standard InChI is InChI=1S/3C4HF9O3S.Y/c3*5-1(6,3(9,10)11)2(7,8)4(12,13)17(14,15)16;/h3*(H,14,15,16);/q;;;+3/p-3. The molecule has 0 saturated carbocycles. The Balaban J connectivity index is -0.000000329. The maximum Gasteiger partial charge on any atom is 3.00 e. The molecule has 40 heteroatoms. The van der Waals surface area contributed by atoms with Gasteiger partial charge in [0, 0.05) is 0 Å². The molecule has 0 aliphatic heterocycles. The molecule has 0 heterocycles. The van der Waals surface area contributed by atoms with Gasteiger partial charge in [-0.2, -0.15) is 119 Å². The van der Waals surface area contributed by atoms with E-state index in [9.17, 15) is 157 Å². The van der Waals surface area contributed by atoms with Gasteiger partial charge in [-0.1, -0.05) is 0 Å². The third-order valence-corrected chi connectivity index (χ3v) is 6.94. The van der Waals surface area contributed by atoms with Gasteiger partial charge in [0.15, 0.2) is 30.4 Å². The van der Waals surface area contributed by atoms with Crippen molar-refractivity contribution in [2.45, 2.75) is 69.8 Å². The molecule has 0 aromatic carbocycles. The van der Waals surface area contributed by atoms with Crippen LogP contribution in [0.3, 0.4) is 0 Å². The predicted molar refractivity (Wildman–Crippen MR) is 91.8 cm³/mol. The van der Waals surface area contributed by atoms with Crippen molar-refractivity contribution in [3.05, 3.63) is 0 Å². The molecule has 0 bridgehead atoms. The fraction of sp³-hybridized carbons (Fsp3) is 1.00. The van der Waals surface area contributed by atoms with Crippen LogP contribution < -0.4 is 0 Å². The third kappa shape index (κ3) is 9.84. The monoisotopic (exact) mass is 986 g/mol. The zero-order chi connectivity index (χ0) is 43.5. The van der Waals surface area contributed by atoms with E-state index in [-0.39, 0.29) is 32.7 Å². The molecule has 0 spiro atoms. The topological polar surface area (TPSA) is 172 Å². The predicted octanol–water partition coefficient (Wildman–Crippen LogP) is 5.87. The van der Waals surface area contributed by atoms with Gasteiger partial charge >= 0.3 is 103 Å². The number of hydrogen-bond donors (Lipinski definition) is 0. The van der Waals surface area contributed by atoms with Crippen LogP contribution in [-0.4, -0.2) is 109 Å². The van der Waals surface area contributed by atoms with E-state index in [0.717, 1.165) is 0 Å². The summed E-state index contributed by atoms with van der Waals surface area (Å²) < 4.78 is 406. The molecule has 0 unspecified atom stereocenters. The quantitative estimate of drug-likeness (QED) is 0.203. The molecular formula is C12F27O9S3Y. The van der Waals surface area contributed by atoms with Crippen LogP contribution in [0.5, 0.6) is 0 Å². The summed E-state index contributed by atoms with van der Waals surface area (Å²) in [6, 6.07) is 0. The fourth-order valence-corrected chi connectivity index (χ4v) is 2.88. The van der Waals surface area contributed by atoms with Gasteiger partial charge in [0.05, 0.1) is 0 Å². The van der Waals surface area contributed by atoms with E-state index in [2.05, 4.69) is 0 Å². The molecule has 0 N–H and O–H groups in total. The largest absolute Gasteiger partial charge is 3.00 e. The summed E-state index contributed by atoms with van der Waals surface area (Å²) in [7, 11) is -22.3. The van der Waals surface area contributed by atoms with Gasteiger partial charge in [-0.15, -0.1) is 0 Å². The second kappa shape index (κ2) is 15.1. The zero-order valence-corrected chi connectivity index (χ0v) is 27.0. The Morgan fingerprint density at radius 2 is 0.346 bits per heavy atom. The van der Waals surface area contributed by atoms with E-state index in [1.54, 1.807) is 0 Å². The smallest absolute Gasteiger partial charge is 0.743 e. The summed E-state index contributed by atoms with van der Waals surface area (Å²) in [5.74, 6) is -44.5. The second-order valence-corrected chi connectivity index (χ2v) is 12.1. The summed E-state index contributed by atoms with van der Waals surface area (Å²) in [6.07, 6.45) is -21.5. The van der Waals surface area contributed by atoms with Crippen LogP contribution in [0.4, 0.5) is 119 Å². The molecule has 52 heavy (non-hydrogen) atoms. The van der Waals surface area contributed by atoms with Crippen LogP contribution in [0, 0.1) is 0 Å². The summed E-state index contributed by atoms with van der Waals surface area (Å²) in [6.45, 7) is 0. The number of rotatable bonds is 9. The van der Waals surface area contributed by atoms with Gasteiger partial charge in [0.25, 0.3) is 0 Å². The van der Waals surface area contributed by atoms with Crippen LogP contribution in [0.1, 0.15) is 0 Å². The Bertz CT molecular complexity index is 1370. The van der Waals surface area contributed by atoms with Crippen LogP contribution in [0.25, 0.3) is 0 Å². The third-order valence-electron chi connectivity index (χ3n) is 4.29. The Morgan fingerprint density at radius 1 is 0.250 bits per heavy atom. The first-order chi connectivity index (χ1) is 21.0. The van der Waals surface area contributed by atoms with Crippen molar-refractivity contribution in [1.82, 2.24) is 0 Å². The summed E-state index contributed by atoms with van der Waals surface area (Å²) >= 11 is 0. The van der Waals surface area contributed by atoms with Crippen molar-refractivity contribution in [3.8, 4) is 0 Å². The van der Waals surface area contributed by atoms with E-state index >= 15 is 0 Å². The van der Waals surface area contributed by atoms with E-state index in [0.29, 0.717) is 0 Å². The van der Waals surface area contributed by atoms with Gasteiger partial charge in [-0.05, 0) is 0 Å². The Morgan fingerprint density at radius 3 is 0.404 bits per heavy atom. The molecule has 312 valence electrons. The molecule has 9 nitrogen and oxygen atoms in total. The van der Waals surface area contributed by atoms with Crippen molar-refractivity contribution < 1.29 is 190 Å². The summed E-state index contributed by atoms with van der Waals surface area (Å²) in [4.78, 5) is 0. The van der Waals surface area contributed by atoms with Crippen molar-refractivity contribution in [2.24, 2.45) is 0 Å². The Kier molecular flexibility index (Phi) is 16.8. The molecule has 0 amide bonds. The maximum absolute atomic E-state index is 12.2. The van der Waals surface area contributed by atoms with Crippen molar-refractivity contribution in [2.75, 3.05) is 0 Å². The first kappa shape index (κ1) is 57.7.